The fraction of sp³-hybridized carbons (Fsp3) is 0.450. The number of benzene rings is 1. The number of fused-ring (bicyclic) bond motifs is 1. The molecule has 7 nitrogen and oxygen atoms in total. The van der Waals surface area contributed by atoms with Crippen molar-refractivity contribution in [2.24, 2.45) is 0 Å². The molecule has 0 bridgehead atoms. The minimum atomic E-state index is -0.737. The maximum atomic E-state index is 13.3. The molecule has 1 aromatic carbocycles. The Morgan fingerprint density at radius 2 is 2.30 bits per heavy atom. The zero-order valence-electron chi connectivity index (χ0n) is 15.4. The zero-order valence-corrected chi connectivity index (χ0v) is 15.4. The summed E-state index contributed by atoms with van der Waals surface area (Å²) in [5.41, 5.74) is 0.167. The van der Waals surface area contributed by atoms with Gasteiger partial charge in [-0.05, 0) is 36.6 Å². The third kappa shape index (κ3) is 3.18. The number of hydrogen-bond acceptors (Lipinski definition) is 4. The van der Waals surface area contributed by atoms with Crippen LogP contribution in [-0.4, -0.2) is 52.7 Å². The van der Waals surface area contributed by atoms with Crippen molar-refractivity contribution < 1.29 is 14.3 Å². The molecule has 1 N–H and O–H groups in total. The molecule has 2 aliphatic heterocycles. The Kier molecular flexibility index (Phi) is 4.59. The van der Waals surface area contributed by atoms with Gasteiger partial charge < -0.3 is 15.0 Å². The van der Waals surface area contributed by atoms with Crippen LogP contribution in [0.15, 0.2) is 42.7 Å². The van der Waals surface area contributed by atoms with Crippen molar-refractivity contribution in [3.63, 3.8) is 0 Å². The number of rotatable bonds is 6. The van der Waals surface area contributed by atoms with Crippen molar-refractivity contribution >= 4 is 11.8 Å². The molecule has 2 atom stereocenters. The van der Waals surface area contributed by atoms with Crippen LogP contribution in [0.25, 0.3) is 0 Å². The first-order chi connectivity index (χ1) is 13.1. The van der Waals surface area contributed by atoms with Gasteiger partial charge in [-0.3, -0.25) is 14.3 Å². The van der Waals surface area contributed by atoms with Gasteiger partial charge in [0.2, 0.25) is 11.8 Å². The average Bonchev–Trinajstić information content (AvgIpc) is 3.40. The predicted molar refractivity (Wildman–Crippen MR) is 99.3 cm³/mol. The van der Waals surface area contributed by atoms with Crippen LogP contribution in [0.2, 0.25) is 0 Å². The van der Waals surface area contributed by atoms with Gasteiger partial charge in [0.05, 0.1) is 19.1 Å². The Hall–Kier alpha value is -2.83. The molecule has 2 aliphatic rings. The van der Waals surface area contributed by atoms with E-state index >= 15 is 0 Å². The summed E-state index contributed by atoms with van der Waals surface area (Å²) in [4.78, 5) is 27.4. The molecule has 2 aromatic rings. The molecule has 2 amide bonds. The molecule has 27 heavy (non-hydrogen) atoms. The first-order valence-corrected chi connectivity index (χ1v) is 9.32. The Balaban J connectivity index is 1.58. The number of methoxy groups -OCH3 is 1. The van der Waals surface area contributed by atoms with Crippen LogP contribution in [-0.2, 0) is 21.5 Å². The summed E-state index contributed by atoms with van der Waals surface area (Å²) in [5, 5.41) is 7.23. The van der Waals surface area contributed by atoms with E-state index in [2.05, 4.69) is 10.4 Å². The SMILES string of the molecule is COc1cccc([C@]2(C(=O)NCCn3cccn3)C[C@@H]3CCC(=O)N3C2)c1. The Bertz CT molecular complexity index is 836. The predicted octanol–water partition coefficient (Wildman–Crippen LogP) is 1.34. The molecular formula is C20H24N4O3. The van der Waals surface area contributed by atoms with Gasteiger partial charge in [0.1, 0.15) is 5.75 Å². The third-order valence-corrected chi connectivity index (χ3v) is 5.72. The molecule has 4 rings (SSSR count). The fourth-order valence-electron chi connectivity index (χ4n) is 4.29. The lowest BCUT2D eigenvalue weighted by Gasteiger charge is -2.29. The van der Waals surface area contributed by atoms with Crippen molar-refractivity contribution in [1.29, 1.82) is 0 Å². The van der Waals surface area contributed by atoms with Gasteiger partial charge in [0, 0.05) is 37.9 Å². The van der Waals surface area contributed by atoms with Crippen molar-refractivity contribution in [1.82, 2.24) is 20.0 Å². The molecule has 2 fully saturated rings. The van der Waals surface area contributed by atoms with Gasteiger partial charge in [0.25, 0.3) is 0 Å². The number of aromatic nitrogens is 2. The first-order valence-electron chi connectivity index (χ1n) is 9.32. The van der Waals surface area contributed by atoms with Crippen LogP contribution in [0, 0.1) is 0 Å². The minimum absolute atomic E-state index is 0.0369. The highest BCUT2D eigenvalue weighted by atomic mass is 16.5. The number of amides is 2. The highest BCUT2D eigenvalue weighted by molar-refractivity contribution is 5.91. The standard InChI is InChI=1S/C20H24N4O3/c1-27-17-5-2-4-15(12-17)20(13-16-6-7-18(25)24(16)14-20)19(26)21-9-11-23-10-3-8-22-23/h2-5,8,10,12,16H,6-7,9,11,13-14H2,1H3,(H,21,26)/t16-,20-/m0/s1. The van der Waals surface area contributed by atoms with Gasteiger partial charge in [0.15, 0.2) is 0 Å². The second kappa shape index (κ2) is 7.06. The van der Waals surface area contributed by atoms with Gasteiger partial charge in [-0.2, -0.15) is 5.10 Å². The minimum Gasteiger partial charge on any atom is -0.497 e. The van der Waals surface area contributed by atoms with Gasteiger partial charge in [-0.1, -0.05) is 12.1 Å². The van der Waals surface area contributed by atoms with E-state index in [1.54, 1.807) is 18.0 Å². The molecule has 3 heterocycles. The van der Waals surface area contributed by atoms with Crippen LogP contribution < -0.4 is 10.1 Å². The van der Waals surface area contributed by atoms with E-state index in [0.29, 0.717) is 32.5 Å². The van der Waals surface area contributed by atoms with Crippen LogP contribution in [0.1, 0.15) is 24.8 Å². The largest absolute Gasteiger partial charge is 0.497 e. The summed E-state index contributed by atoms with van der Waals surface area (Å²) in [5.74, 6) is 0.828. The Morgan fingerprint density at radius 1 is 1.41 bits per heavy atom. The second-order valence-corrected chi connectivity index (χ2v) is 7.26. The highest BCUT2D eigenvalue weighted by Gasteiger charge is 2.53. The van der Waals surface area contributed by atoms with Crippen molar-refractivity contribution in [2.45, 2.75) is 37.3 Å². The number of nitrogens with one attached hydrogen (secondary N) is 1. The molecule has 0 aliphatic carbocycles. The summed E-state index contributed by atoms with van der Waals surface area (Å²) in [6, 6.07) is 9.64. The lowest BCUT2D eigenvalue weighted by Crippen LogP contribution is -2.47. The monoisotopic (exact) mass is 368 g/mol. The third-order valence-electron chi connectivity index (χ3n) is 5.72. The molecule has 0 radical (unpaired) electrons. The van der Waals surface area contributed by atoms with Crippen molar-refractivity contribution in [2.75, 3.05) is 20.2 Å². The number of ether oxygens (including phenoxy) is 1. The molecule has 7 heteroatoms. The van der Waals surface area contributed by atoms with E-state index in [0.717, 1.165) is 17.7 Å². The lowest BCUT2D eigenvalue weighted by atomic mass is 9.76. The molecule has 2 saturated heterocycles. The Morgan fingerprint density at radius 3 is 3.04 bits per heavy atom. The van der Waals surface area contributed by atoms with Crippen LogP contribution in [0.5, 0.6) is 5.75 Å². The van der Waals surface area contributed by atoms with Gasteiger partial charge in [-0.15, -0.1) is 0 Å². The smallest absolute Gasteiger partial charge is 0.232 e. The molecule has 0 spiro atoms. The molecule has 0 unspecified atom stereocenters. The number of carbonyl (C=O) groups is 2. The maximum Gasteiger partial charge on any atom is 0.232 e. The van der Waals surface area contributed by atoms with Crippen molar-refractivity contribution in [3.8, 4) is 5.75 Å². The first kappa shape index (κ1) is 17.6. The number of hydrogen-bond donors (Lipinski definition) is 1. The summed E-state index contributed by atoms with van der Waals surface area (Å²) in [7, 11) is 1.62. The molecular weight excluding hydrogens is 344 g/mol. The second-order valence-electron chi connectivity index (χ2n) is 7.26. The zero-order chi connectivity index (χ0) is 18.9. The molecule has 1 aromatic heterocycles. The van der Waals surface area contributed by atoms with Crippen LogP contribution in [0.4, 0.5) is 0 Å². The Labute approximate surface area is 158 Å². The summed E-state index contributed by atoms with van der Waals surface area (Å²) >= 11 is 0. The summed E-state index contributed by atoms with van der Waals surface area (Å²) < 4.78 is 7.15. The number of carbonyl (C=O) groups excluding carboxylic acids is 2. The summed E-state index contributed by atoms with van der Waals surface area (Å²) in [6.45, 7) is 1.53. The van der Waals surface area contributed by atoms with E-state index < -0.39 is 5.41 Å². The van der Waals surface area contributed by atoms with E-state index in [1.165, 1.54) is 0 Å². The molecule has 142 valence electrons. The van der Waals surface area contributed by atoms with Crippen molar-refractivity contribution in [3.05, 3.63) is 48.3 Å². The number of nitrogens with zero attached hydrogens (tertiary/aromatic N) is 3. The average molecular weight is 368 g/mol. The fourth-order valence-corrected chi connectivity index (χ4v) is 4.29. The summed E-state index contributed by atoms with van der Waals surface area (Å²) in [6.07, 6.45) is 5.65. The normalized spacial score (nSPS) is 24.1. The van der Waals surface area contributed by atoms with E-state index in [4.69, 9.17) is 4.74 Å². The lowest BCUT2D eigenvalue weighted by molar-refractivity contribution is -0.129. The van der Waals surface area contributed by atoms with Gasteiger partial charge >= 0.3 is 0 Å². The molecule has 0 saturated carbocycles. The van der Waals surface area contributed by atoms with E-state index in [9.17, 15) is 9.59 Å². The van der Waals surface area contributed by atoms with Crippen LogP contribution in [0.3, 0.4) is 0 Å². The quantitative estimate of drug-likeness (QED) is 0.835. The van der Waals surface area contributed by atoms with Crippen LogP contribution >= 0.6 is 0 Å². The van der Waals surface area contributed by atoms with Gasteiger partial charge in [-0.25, -0.2) is 0 Å². The topological polar surface area (TPSA) is 76.5 Å². The van der Waals surface area contributed by atoms with E-state index in [-0.39, 0.29) is 17.9 Å². The maximum absolute atomic E-state index is 13.3. The van der Waals surface area contributed by atoms with E-state index in [1.807, 2.05) is 41.4 Å². The highest BCUT2D eigenvalue weighted by Crippen LogP contribution is 2.43.